The predicted octanol–water partition coefficient (Wildman–Crippen LogP) is 1.83. The molecule has 0 unspecified atom stereocenters. The van der Waals surface area contributed by atoms with Gasteiger partial charge in [0.25, 0.3) is 0 Å². The number of likely N-dealkylation sites (N-methyl/N-ethyl adjacent to an activating group) is 1. The van der Waals surface area contributed by atoms with Crippen molar-refractivity contribution in [3.63, 3.8) is 0 Å². The first-order valence-electron chi connectivity index (χ1n) is 5.74. The van der Waals surface area contributed by atoms with Crippen LogP contribution in [0.5, 0.6) is 0 Å². The molecule has 1 amide bonds. The third kappa shape index (κ3) is 3.82. The summed E-state index contributed by atoms with van der Waals surface area (Å²) in [6.45, 7) is 6.45. The average molecular weight is 238 g/mol. The Morgan fingerprint density at radius 3 is 2.59 bits per heavy atom. The number of carbonyl (C=O) groups is 1. The van der Waals surface area contributed by atoms with Crippen LogP contribution >= 0.6 is 0 Å². The molecule has 0 radical (unpaired) electrons. The summed E-state index contributed by atoms with van der Waals surface area (Å²) in [6.07, 6.45) is 0. The normalized spacial score (nSPS) is 11.3. The molecule has 3 nitrogen and oxygen atoms in total. The van der Waals surface area contributed by atoms with Crippen molar-refractivity contribution in [2.24, 2.45) is 0 Å². The zero-order chi connectivity index (χ0) is 12.9. The molecular formula is C13H19FN2O. The van der Waals surface area contributed by atoms with Gasteiger partial charge in [-0.2, -0.15) is 0 Å². The highest BCUT2D eigenvalue weighted by atomic mass is 19.1. The third-order valence-electron chi connectivity index (χ3n) is 2.58. The molecule has 0 fully saturated rings. The van der Waals surface area contributed by atoms with E-state index in [1.54, 1.807) is 32.0 Å². The molecule has 0 aromatic heterocycles. The monoisotopic (exact) mass is 238 g/mol. The number of rotatable bonds is 5. The van der Waals surface area contributed by atoms with Gasteiger partial charge in [-0.15, -0.1) is 0 Å². The molecule has 0 saturated heterocycles. The van der Waals surface area contributed by atoms with E-state index >= 15 is 0 Å². The van der Waals surface area contributed by atoms with Crippen LogP contribution in [0, 0.1) is 5.82 Å². The topological polar surface area (TPSA) is 41.1 Å². The Bertz CT molecular complexity index is 391. The molecule has 94 valence electrons. The van der Waals surface area contributed by atoms with Gasteiger partial charge < -0.3 is 10.6 Å². The van der Waals surface area contributed by atoms with Crippen LogP contribution in [0.4, 0.5) is 4.39 Å². The first-order chi connectivity index (χ1) is 7.97. The van der Waals surface area contributed by atoms with Crippen LogP contribution in [0.2, 0.25) is 0 Å². The van der Waals surface area contributed by atoms with Crippen molar-refractivity contribution in [2.45, 2.75) is 32.9 Å². The zero-order valence-corrected chi connectivity index (χ0v) is 10.5. The second-order valence-corrected chi connectivity index (χ2v) is 4.43. The van der Waals surface area contributed by atoms with Crippen LogP contribution in [0.15, 0.2) is 24.3 Å². The van der Waals surface area contributed by atoms with Crippen LogP contribution in [0.3, 0.4) is 0 Å². The first kappa shape index (κ1) is 13.6. The van der Waals surface area contributed by atoms with Gasteiger partial charge in [-0.3, -0.25) is 4.79 Å². The lowest BCUT2D eigenvalue weighted by Gasteiger charge is -2.24. The van der Waals surface area contributed by atoms with E-state index < -0.39 is 5.54 Å². The highest BCUT2D eigenvalue weighted by Gasteiger charge is 2.25. The van der Waals surface area contributed by atoms with E-state index in [1.165, 1.54) is 6.07 Å². The van der Waals surface area contributed by atoms with Crippen molar-refractivity contribution in [3.05, 3.63) is 35.6 Å². The second-order valence-electron chi connectivity index (χ2n) is 4.43. The van der Waals surface area contributed by atoms with Gasteiger partial charge in [0.1, 0.15) is 5.82 Å². The summed E-state index contributed by atoms with van der Waals surface area (Å²) in [7, 11) is 0. The van der Waals surface area contributed by atoms with E-state index in [4.69, 9.17) is 0 Å². The molecule has 0 bridgehead atoms. The number of halogens is 1. The van der Waals surface area contributed by atoms with Gasteiger partial charge >= 0.3 is 0 Å². The molecule has 0 heterocycles. The van der Waals surface area contributed by atoms with E-state index in [0.29, 0.717) is 12.1 Å². The molecule has 0 aliphatic rings. The molecule has 0 aliphatic heterocycles. The van der Waals surface area contributed by atoms with Crippen LogP contribution in [-0.2, 0) is 11.3 Å². The Morgan fingerprint density at radius 2 is 2.00 bits per heavy atom. The molecule has 2 N–H and O–H groups in total. The molecule has 4 heteroatoms. The van der Waals surface area contributed by atoms with Gasteiger partial charge in [0.15, 0.2) is 0 Å². The van der Waals surface area contributed by atoms with Gasteiger partial charge in [0.05, 0.1) is 5.54 Å². The number of amides is 1. The van der Waals surface area contributed by atoms with Crippen molar-refractivity contribution < 1.29 is 9.18 Å². The van der Waals surface area contributed by atoms with Crippen LogP contribution < -0.4 is 10.6 Å². The second kappa shape index (κ2) is 5.77. The Hall–Kier alpha value is -1.42. The molecule has 1 aromatic rings. The fourth-order valence-electron chi connectivity index (χ4n) is 1.56. The zero-order valence-electron chi connectivity index (χ0n) is 10.5. The van der Waals surface area contributed by atoms with Crippen LogP contribution in [0.25, 0.3) is 0 Å². The third-order valence-corrected chi connectivity index (χ3v) is 2.58. The summed E-state index contributed by atoms with van der Waals surface area (Å²) in [5, 5.41) is 5.79. The van der Waals surface area contributed by atoms with Crippen molar-refractivity contribution >= 4 is 5.91 Å². The van der Waals surface area contributed by atoms with E-state index in [9.17, 15) is 9.18 Å². The lowest BCUT2D eigenvalue weighted by Crippen LogP contribution is -2.52. The standard InChI is InChI=1S/C13H19FN2O/c1-4-16-13(2,3)12(17)15-9-10-7-5-6-8-11(10)14/h5-8,16H,4,9H2,1-3H3,(H,15,17). The molecule has 0 atom stereocenters. The minimum absolute atomic E-state index is 0.136. The smallest absolute Gasteiger partial charge is 0.239 e. The number of hydrogen-bond acceptors (Lipinski definition) is 2. The molecule has 1 aromatic carbocycles. The predicted molar refractivity (Wildman–Crippen MR) is 66.0 cm³/mol. The number of nitrogens with one attached hydrogen (secondary N) is 2. The van der Waals surface area contributed by atoms with E-state index in [2.05, 4.69) is 10.6 Å². The van der Waals surface area contributed by atoms with Gasteiger partial charge in [0, 0.05) is 12.1 Å². The Balaban J connectivity index is 2.57. The SMILES string of the molecule is CCNC(C)(C)C(=O)NCc1ccccc1F. The molecule has 0 spiro atoms. The summed E-state index contributed by atoms with van der Waals surface area (Å²) in [6, 6.07) is 6.43. The summed E-state index contributed by atoms with van der Waals surface area (Å²) in [5.74, 6) is -0.434. The van der Waals surface area contributed by atoms with Crippen molar-refractivity contribution in [1.29, 1.82) is 0 Å². The molecule has 17 heavy (non-hydrogen) atoms. The van der Waals surface area contributed by atoms with Gasteiger partial charge in [0.2, 0.25) is 5.91 Å². The van der Waals surface area contributed by atoms with Crippen LogP contribution in [-0.4, -0.2) is 18.0 Å². The average Bonchev–Trinajstić information content (AvgIpc) is 2.27. The maximum Gasteiger partial charge on any atom is 0.239 e. The highest BCUT2D eigenvalue weighted by molar-refractivity contribution is 5.85. The maximum atomic E-state index is 13.3. The highest BCUT2D eigenvalue weighted by Crippen LogP contribution is 2.07. The van der Waals surface area contributed by atoms with Crippen molar-refractivity contribution in [1.82, 2.24) is 10.6 Å². The lowest BCUT2D eigenvalue weighted by molar-refractivity contribution is -0.126. The summed E-state index contributed by atoms with van der Waals surface area (Å²) in [4.78, 5) is 11.8. The molecule has 0 saturated carbocycles. The minimum atomic E-state index is -0.639. The largest absolute Gasteiger partial charge is 0.350 e. The fraction of sp³-hybridized carbons (Fsp3) is 0.462. The molecule has 1 rings (SSSR count). The van der Waals surface area contributed by atoms with Gasteiger partial charge in [-0.05, 0) is 26.5 Å². The summed E-state index contributed by atoms with van der Waals surface area (Å²) in [5.41, 5.74) is -0.145. The van der Waals surface area contributed by atoms with Crippen LogP contribution in [0.1, 0.15) is 26.3 Å². The quantitative estimate of drug-likeness (QED) is 0.821. The number of benzene rings is 1. The van der Waals surface area contributed by atoms with E-state index in [0.717, 1.165) is 0 Å². The summed E-state index contributed by atoms with van der Waals surface area (Å²) < 4.78 is 13.3. The number of hydrogen-bond donors (Lipinski definition) is 2. The number of carbonyl (C=O) groups excluding carboxylic acids is 1. The maximum absolute atomic E-state index is 13.3. The van der Waals surface area contributed by atoms with E-state index in [-0.39, 0.29) is 18.3 Å². The Morgan fingerprint density at radius 1 is 1.35 bits per heavy atom. The van der Waals surface area contributed by atoms with Crippen molar-refractivity contribution in [2.75, 3.05) is 6.54 Å². The molecular weight excluding hydrogens is 219 g/mol. The first-order valence-corrected chi connectivity index (χ1v) is 5.74. The lowest BCUT2D eigenvalue weighted by atomic mass is 10.0. The summed E-state index contributed by atoms with van der Waals surface area (Å²) >= 11 is 0. The van der Waals surface area contributed by atoms with E-state index in [1.807, 2.05) is 6.92 Å². The Labute approximate surface area is 101 Å². The fourth-order valence-corrected chi connectivity index (χ4v) is 1.56. The molecule has 0 aliphatic carbocycles. The Kier molecular flexibility index (Phi) is 4.63. The minimum Gasteiger partial charge on any atom is -0.350 e. The van der Waals surface area contributed by atoms with Crippen molar-refractivity contribution in [3.8, 4) is 0 Å². The van der Waals surface area contributed by atoms with Gasteiger partial charge in [-0.25, -0.2) is 4.39 Å². The van der Waals surface area contributed by atoms with Gasteiger partial charge in [-0.1, -0.05) is 25.1 Å².